The van der Waals surface area contributed by atoms with Crippen molar-refractivity contribution < 1.29 is 19.1 Å². The largest absolute Gasteiger partial charge is 0.482 e. The maximum absolute atomic E-state index is 12.6. The molecule has 0 spiro atoms. The quantitative estimate of drug-likeness (QED) is 0.795. The Morgan fingerprint density at radius 1 is 1.07 bits per heavy atom. The van der Waals surface area contributed by atoms with Crippen LogP contribution in [0.4, 0.5) is 5.69 Å². The number of nitrogens with one attached hydrogen (secondary N) is 1. The molecule has 2 aliphatic heterocycles. The van der Waals surface area contributed by atoms with Gasteiger partial charge in [0, 0.05) is 30.2 Å². The number of anilines is 1. The molecule has 30 heavy (non-hydrogen) atoms. The minimum Gasteiger partial charge on any atom is -0.482 e. The van der Waals surface area contributed by atoms with Gasteiger partial charge in [0.15, 0.2) is 6.61 Å². The Bertz CT molecular complexity index is 971. The Morgan fingerprint density at radius 3 is 2.53 bits per heavy atom. The molecule has 4 rings (SSSR count). The van der Waals surface area contributed by atoms with Gasteiger partial charge in [-0.3, -0.25) is 19.3 Å². The second kappa shape index (κ2) is 8.75. The molecule has 8 heteroatoms. The third kappa shape index (κ3) is 4.41. The number of ether oxygens (including phenoxy) is 1. The average molecular weight is 428 g/mol. The summed E-state index contributed by atoms with van der Waals surface area (Å²) in [5.41, 5.74) is 1.75. The molecule has 0 radical (unpaired) electrons. The molecule has 1 saturated heterocycles. The smallest absolute Gasteiger partial charge is 0.265 e. The van der Waals surface area contributed by atoms with Gasteiger partial charge in [0.1, 0.15) is 12.3 Å². The highest BCUT2D eigenvalue weighted by molar-refractivity contribution is 6.30. The summed E-state index contributed by atoms with van der Waals surface area (Å²) in [6, 6.07) is 12.1. The van der Waals surface area contributed by atoms with Crippen LogP contribution in [-0.4, -0.2) is 48.9 Å². The summed E-state index contributed by atoms with van der Waals surface area (Å²) >= 11 is 5.88. The molecular weight excluding hydrogens is 406 g/mol. The number of likely N-dealkylation sites (tertiary alicyclic amines) is 1. The van der Waals surface area contributed by atoms with Gasteiger partial charge >= 0.3 is 0 Å². The van der Waals surface area contributed by atoms with Gasteiger partial charge in [-0.2, -0.15) is 0 Å². The van der Waals surface area contributed by atoms with E-state index in [9.17, 15) is 14.4 Å². The van der Waals surface area contributed by atoms with E-state index in [-0.39, 0.29) is 30.9 Å². The Morgan fingerprint density at radius 2 is 1.80 bits per heavy atom. The van der Waals surface area contributed by atoms with E-state index in [0.29, 0.717) is 28.6 Å². The first-order chi connectivity index (χ1) is 14.5. The van der Waals surface area contributed by atoms with Gasteiger partial charge in [-0.15, -0.1) is 0 Å². The third-order valence-corrected chi connectivity index (χ3v) is 5.53. The van der Waals surface area contributed by atoms with Gasteiger partial charge < -0.3 is 15.0 Å². The highest BCUT2D eigenvalue weighted by Crippen LogP contribution is 2.33. The molecule has 0 bridgehead atoms. The fourth-order valence-corrected chi connectivity index (χ4v) is 3.73. The molecule has 2 aromatic carbocycles. The van der Waals surface area contributed by atoms with E-state index in [2.05, 4.69) is 5.32 Å². The first-order valence-electron chi connectivity index (χ1n) is 9.89. The van der Waals surface area contributed by atoms with E-state index in [1.807, 2.05) is 12.1 Å². The number of benzene rings is 2. The normalized spacial score (nSPS) is 15.6. The first kappa shape index (κ1) is 20.2. The summed E-state index contributed by atoms with van der Waals surface area (Å²) in [6.07, 6.45) is 1.97. The standard InChI is InChI=1S/C22H22ClN3O4/c23-17-6-3-15(4-7-17)12-24-22(29)16-5-8-19-18(11-16)26(21(28)14-30-19)13-20(27)25-9-1-2-10-25/h3-8,11H,1-2,9-10,12-14H2,(H,24,29). The zero-order chi connectivity index (χ0) is 21.1. The molecule has 1 fully saturated rings. The van der Waals surface area contributed by atoms with Crippen LogP contribution in [0.3, 0.4) is 0 Å². The Labute approximate surface area is 179 Å². The van der Waals surface area contributed by atoms with Crippen molar-refractivity contribution in [3.63, 3.8) is 0 Å². The molecule has 0 saturated carbocycles. The maximum atomic E-state index is 12.6. The first-order valence-corrected chi connectivity index (χ1v) is 10.3. The molecule has 0 atom stereocenters. The molecule has 0 aromatic heterocycles. The lowest BCUT2D eigenvalue weighted by Crippen LogP contribution is -2.46. The topological polar surface area (TPSA) is 79.0 Å². The van der Waals surface area contributed by atoms with Gasteiger partial charge in [0.25, 0.3) is 11.8 Å². The van der Waals surface area contributed by atoms with E-state index in [1.54, 1.807) is 35.2 Å². The summed E-state index contributed by atoms with van der Waals surface area (Å²) < 4.78 is 5.49. The lowest BCUT2D eigenvalue weighted by molar-refractivity contribution is -0.131. The lowest BCUT2D eigenvalue weighted by Gasteiger charge is -2.30. The molecule has 2 aromatic rings. The van der Waals surface area contributed by atoms with Gasteiger partial charge in [-0.05, 0) is 48.7 Å². The zero-order valence-corrected chi connectivity index (χ0v) is 17.2. The van der Waals surface area contributed by atoms with Crippen molar-refractivity contribution in [1.29, 1.82) is 0 Å². The molecule has 7 nitrogen and oxygen atoms in total. The second-order valence-corrected chi connectivity index (χ2v) is 7.78. The Balaban J connectivity index is 1.49. The van der Waals surface area contributed by atoms with Crippen LogP contribution < -0.4 is 15.0 Å². The van der Waals surface area contributed by atoms with Crippen molar-refractivity contribution in [2.24, 2.45) is 0 Å². The number of nitrogens with zero attached hydrogens (tertiary/aromatic N) is 2. The average Bonchev–Trinajstić information content (AvgIpc) is 3.30. The summed E-state index contributed by atoms with van der Waals surface area (Å²) in [4.78, 5) is 40.8. The van der Waals surface area contributed by atoms with E-state index in [4.69, 9.17) is 16.3 Å². The number of halogens is 1. The van der Waals surface area contributed by atoms with Crippen LogP contribution in [0.5, 0.6) is 5.75 Å². The summed E-state index contributed by atoms with van der Waals surface area (Å²) in [5.74, 6) is -0.185. The van der Waals surface area contributed by atoms with Gasteiger partial charge in [0.2, 0.25) is 5.91 Å². The fraction of sp³-hybridized carbons (Fsp3) is 0.318. The lowest BCUT2D eigenvalue weighted by atomic mass is 10.1. The van der Waals surface area contributed by atoms with Gasteiger partial charge in [-0.25, -0.2) is 0 Å². The molecule has 0 unspecified atom stereocenters. The number of carbonyl (C=O) groups is 3. The van der Waals surface area contributed by atoms with Crippen LogP contribution in [-0.2, 0) is 16.1 Å². The zero-order valence-electron chi connectivity index (χ0n) is 16.4. The van der Waals surface area contributed by atoms with E-state index in [0.717, 1.165) is 31.5 Å². The molecule has 1 N–H and O–H groups in total. The number of rotatable bonds is 5. The number of hydrogen-bond acceptors (Lipinski definition) is 4. The number of fused-ring (bicyclic) bond motifs is 1. The van der Waals surface area contributed by atoms with Crippen molar-refractivity contribution >= 4 is 35.0 Å². The number of amides is 3. The molecule has 3 amide bonds. The van der Waals surface area contributed by atoms with Crippen molar-refractivity contribution in [2.75, 3.05) is 31.1 Å². The van der Waals surface area contributed by atoms with Crippen LogP contribution in [0, 0.1) is 0 Å². The Kier molecular flexibility index (Phi) is 5.90. The molecule has 0 aliphatic carbocycles. The molecule has 2 heterocycles. The van der Waals surface area contributed by atoms with Gasteiger partial charge in [0.05, 0.1) is 5.69 Å². The number of carbonyl (C=O) groups excluding carboxylic acids is 3. The van der Waals surface area contributed by atoms with E-state index >= 15 is 0 Å². The van der Waals surface area contributed by atoms with Gasteiger partial charge in [-0.1, -0.05) is 23.7 Å². The predicted molar refractivity (Wildman–Crippen MR) is 113 cm³/mol. The van der Waals surface area contributed by atoms with Crippen LogP contribution in [0.1, 0.15) is 28.8 Å². The van der Waals surface area contributed by atoms with Crippen molar-refractivity contribution in [1.82, 2.24) is 10.2 Å². The van der Waals surface area contributed by atoms with E-state index in [1.165, 1.54) is 4.90 Å². The second-order valence-electron chi connectivity index (χ2n) is 7.35. The summed E-state index contributed by atoms with van der Waals surface area (Å²) in [6.45, 7) is 1.61. The number of hydrogen-bond donors (Lipinski definition) is 1. The van der Waals surface area contributed by atoms with Crippen LogP contribution in [0.2, 0.25) is 5.02 Å². The minimum absolute atomic E-state index is 0.0506. The molecule has 2 aliphatic rings. The van der Waals surface area contributed by atoms with Crippen LogP contribution >= 0.6 is 11.6 Å². The molecular formula is C22H22ClN3O4. The predicted octanol–water partition coefficient (Wildman–Crippen LogP) is 2.62. The third-order valence-electron chi connectivity index (χ3n) is 5.28. The summed E-state index contributed by atoms with van der Waals surface area (Å²) in [7, 11) is 0. The van der Waals surface area contributed by atoms with Crippen molar-refractivity contribution in [2.45, 2.75) is 19.4 Å². The minimum atomic E-state index is -0.297. The van der Waals surface area contributed by atoms with Crippen molar-refractivity contribution in [3.05, 3.63) is 58.6 Å². The monoisotopic (exact) mass is 427 g/mol. The van der Waals surface area contributed by atoms with Crippen molar-refractivity contribution in [3.8, 4) is 5.75 Å². The van der Waals surface area contributed by atoms with E-state index < -0.39 is 0 Å². The fourth-order valence-electron chi connectivity index (χ4n) is 3.61. The Hall–Kier alpha value is -3.06. The maximum Gasteiger partial charge on any atom is 0.265 e. The van der Waals surface area contributed by atoms with Crippen LogP contribution in [0.25, 0.3) is 0 Å². The summed E-state index contributed by atoms with van der Waals surface area (Å²) in [5, 5.41) is 3.48. The van der Waals surface area contributed by atoms with Crippen LogP contribution in [0.15, 0.2) is 42.5 Å². The molecule has 156 valence electrons. The highest BCUT2D eigenvalue weighted by Gasteiger charge is 2.30. The highest BCUT2D eigenvalue weighted by atomic mass is 35.5. The SMILES string of the molecule is O=C(NCc1ccc(Cl)cc1)c1ccc2c(c1)N(CC(=O)N1CCCC1)C(=O)CO2.